The molecule has 0 radical (unpaired) electrons. The lowest BCUT2D eigenvalue weighted by Gasteiger charge is -2.52. The fourth-order valence-corrected chi connectivity index (χ4v) is 5.34. The molecule has 0 bridgehead atoms. The lowest BCUT2D eigenvalue weighted by atomic mass is 9.67. The van der Waals surface area contributed by atoms with E-state index >= 15 is 0 Å². The van der Waals surface area contributed by atoms with E-state index in [1.165, 1.54) is 36.1 Å². The van der Waals surface area contributed by atoms with Gasteiger partial charge >= 0.3 is 0 Å². The summed E-state index contributed by atoms with van der Waals surface area (Å²) in [7, 11) is 8.96. The summed E-state index contributed by atoms with van der Waals surface area (Å²) in [6.45, 7) is 0. The third-order valence-electron chi connectivity index (χ3n) is 5.91. The molecule has 3 rings (SSSR count). The van der Waals surface area contributed by atoms with Gasteiger partial charge in [-0.3, -0.25) is 9.80 Å². The second kappa shape index (κ2) is 6.39. The SMILES string of the molecule is CN(C)C1(c2ccccc2)CCC(c2cccs2)(N(C)C)CC1. The zero-order valence-corrected chi connectivity index (χ0v) is 15.6. The van der Waals surface area contributed by atoms with E-state index in [0.717, 1.165) is 0 Å². The zero-order chi connectivity index (χ0) is 16.5. The van der Waals surface area contributed by atoms with Crippen LogP contribution in [0.3, 0.4) is 0 Å². The van der Waals surface area contributed by atoms with Gasteiger partial charge in [-0.1, -0.05) is 36.4 Å². The second-order valence-corrected chi connectivity index (χ2v) is 8.14. The molecule has 0 unspecified atom stereocenters. The predicted molar refractivity (Wildman–Crippen MR) is 100.0 cm³/mol. The van der Waals surface area contributed by atoms with Gasteiger partial charge in [-0.25, -0.2) is 0 Å². The number of rotatable bonds is 4. The molecule has 23 heavy (non-hydrogen) atoms. The molecular formula is C20H28N2S. The summed E-state index contributed by atoms with van der Waals surface area (Å²) in [6, 6.07) is 15.6. The molecule has 3 heteroatoms. The first kappa shape index (κ1) is 16.7. The highest BCUT2D eigenvalue weighted by Gasteiger charge is 2.47. The van der Waals surface area contributed by atoms with Crippen molar-refractivity contribution >= 4 is 11.3 Å². The van der Waals surface area contributed by atoms with Gasteiger partial charge in [0.2, 0.25) is 0 Å². The summed E-state index contributed by atoms with van der Waals surface area (Å²) >= 11 is 1.91. The quantitative estimate of drug-likeness (QED) is 0.813. The molecule has 1 heterocycles. The van der Waals surface area contributed by atoms with Crippen molar-refractivity contribution < 1.29 is 0 Å². The van der Waals surface area contributed by atoms with Crippen LogP contribution in [0.5, 0.6) is 0 Å². The van der Waals surface area contributed by atoms with E-state index in [0.29, 0.717) is 0 Å². The van der Waals surface area contributed by atoms with Gasteiger partial charge in [0, 0.05) is 10.4 Å². The molecule has 1 aliphatic rings. The average Bonchev–Trinajstić information content (AvgIpc) is 3.10. The van der Waals surface area contributed by atoms with Gasteiger partial charge in [-0.2, -0.15) is 0 Å². The summed E-state index contributed by atoms with van der Waals surface area (Å²) in [5.74, 6) is 0. The van der Waals surface area contributed by atoms with Gasteiger partial charge in [0.1, 0.15) is 0 Å². The van der Waals surface area contributed by atoms with E-state index in [-0.39, 0.29) is 11.1 Å². The Morgan fingerprint density at radius 2 is 1.30 bits per heavy atom. The van der Waals surface area contributed by atoms with E-state index in [2.05, 4.69) is 85.8 Å². The lowest BCUT2D eigenvalue weighted by molar-refractivity contribution is 0.0106. The minimum atomic E-state index is 0.165. The number of nitrogens with zero attached hydrogens (tertiary/aromatic N) is 2. The third-order valence-corrected chi connectivity index (χ3v) is 6.97. The topological polar surface area (TPSA) is 6.48 Å². The molecule has 0 amide bonds. The zero-order valence-electron chi connectivity index (χ0n) is 14.7. The van der Waals surface area contributed by atoms with Crippen LogP contribution in [-0.2, 0) is 11.1 Å². The Labute approximate surface area is 144 Å². The molecular weight excluding hydrogens is 300 g/mol. The van der Waals surface area contributed by atoms with E-state index in [4.69, 9.17) is 0 Å². The first-order valence-electron chi connectivity index (χ1n) is 8.46. The fourth-order valence-electron chi connectivity index (χ4n) is 4.28. The summed E-state index contributed by atoms with van der Waals surface area (Å²) in [5, 5.41) is 2.21. The van der Waals surface area contributed by atoms with Crippen LogP contribution < -0.4 is 0 Å². The van der Waals surface area contributed by atoms with Crippen molar-refractivity contribution in [1.29, 1.82) is 0 Å². The van der Waals surface area contributed by atoms with Crippen LogP contribution in [-0.4, -0.2) is 38.0 Å². The van der Waals surface area contributed by atoms with Crippen LogP contribution in [0.1, 0.15) is 36.1 Å². The Morgan fingerprint density at radius 3 is 1.78 bits per heavy atom. The maximum Gasteiger partial charge on any atom is 0.0550 e. The van der Waals surface area contributed by atoms with E-state index in [9.17, 15) is 0 Å². The maximum atomic E-state index is 2.45. The molecule has 0 aliphatic heterocycles. The highest BCUT2D eigenvalue weighted by Crippen LogP contribution is 2.51. The third kappa shape index (κ3) is 2.75. The van der Waals surface area contributed by atoms with E-state index < -0.39 is 0 Å². The summed E-state index contributed by atoms with van der Waals surface area (Å²) < 4.78 is 0. The molecule has 2 aromatic rings. The molecule has 0 atom stereocenters. The highest BCUT2D eigenvalue weighted by molar-refractivity contribution is 7.10. The van der Waals surface area contributed by atoms with Crippen molar-refractivity contribution in [2.45, 2.75) is 36.8 Å². The Morgan fingerprint density at radius 1 is 0.739 bits per heavy atom. The Bertz CT molecular complexity index is 608. The number of benzene rings is 1. The van der Waals surface area contributed by atoms with Crippen LogP contribution in [0.25, 0.3) is 0 Å². The Balaban J connectivity index is 1.94. The molecule has 2 nitrogen and oxygen atoms in total. The summed E-state index contributed by atoms with van der Waals surface area (Å²) in [4.78, 5) is 6.41. The average molecular weight is 329 g/mol. The van der Waals surface area contributed by atoms with Crippen LogP contribution in [0.2, 0.25) is 0 Å². The molecule has 0 N–H and O–H groups in total. The van der Waals surface area contributed by atoms with Crippen LogP contribution in [0.15, 0.2) is 47.8 Å². The fraction of sp³-hybridized carbons (Fsp3) is 0.500. The monoisotopic (exact) mass is 328 g/mol. The van der Waals surface area contributed by atoms with Crippen LogP contribution in [0.4, 0.5) is 0 Å². The van der Waals surface area contributed by atoms with Crippen LogP contribution >= 0.6 is 11.3 Å². The summed E-state index contributed by atoms with van der Waals surface area (Å²) in [5.41, 5.74) is 1.82. The largest absolute Gasteiger partial charge is 0.300 e. The minimum absolute atomic E-state index is 0.165. The van der Waals surface area contributed by atoms with Crippen molar-refractivity contribution in [3.8, 4) is 0 Å². The molecule has 124 valence electrons. The molecule has 1 aromatic carbocycles. The van der Waals surface area contributed by atoms with Crippen LogP contribution in [0, 0.1) is 0 Å². The number of thiophene rings is 1. The summed E-state index contributed by atoms with van der Waals surface area (Å²) in [6.07, 6.45) is 4.79. The van der Waals surface area contributed by atoms with Crippen molar-refractivity contribution in [2.75, 3.05) is 28.2 Å². The van der Waals surface area contributed by atoms with E-state index in [1.807, 2.05) is 11.3 Å². The minimum Gasteiger partial charge on any atom is -0.300 e. The predicted octanol–water partition coefficient (Wildman–Crippen LogP) is 4.54. The second-order valence-electron chi connectivity index (χ2n) is 7.20. The smallest absolute Gasteiger partial charge is 0.0550 e. The standard InChI is InChI=1S/C20H28N2S/c1-21(2)19(17-9-6-5-7-10-17)12-14-20(15-13-19,22(3)4)18-11-8-16-23-18/h5-11,16H,12-15H2,1-4H3. The molecule has 0 saturated heterocycles. The van der Waals surface area contributed by atoms with Crippen molar-refractivity contribution in [1.82, 2.24) is 9.80 Å². The molecule has 1 aromatic heterocycles. The van der Waals surface area contributed by atoms with Crippen molar-refractivity contribution in [3.05, 3.63) is 58.3 Å². The van der Waals surface area contributed by atoms with Gasteiger partial charge in [0.25, 0.3) is 0 Å². The molecule has 1 aliphatic carbocycles. The molecule has 1 fully saturated rings. The highest BCUT2D eigenvalue weighted by atomic mass is 32.1. The van der Waals surface area contributed by atoms with Crippen molar-refractivity contribution in [2.24, 2.45) is 0 Å². The van der Waals surface area contributed by atoms with Gasteiger partial charge < -0.3 is 0 Å². The molecule has 1 saturated carbocycles. The number of hydrogen-bond donors (Lipinski definition) is 0. The van der Waals surface area contributed by atoms with Gasteiger partial charge in [0.05, 0.1) is 5.54 Å². The normalized spacial score (nSPS) is 28.4. The first-order valence-corrected chi connectivity index (χ1v) is 9.34. The lowest BCUT2D eigenvalue weighted by Crippen LogP contribution is -2.52. The molecule has 0 spiro atoms. The van der Waals surface area contributed by atoms with E-state index in [1.54, 1.807) is 0 Å². The van der Waals surface area contributed by atoms with Gasteiger partial charge in [0.15, 0.2) is 0 Å². The van der Waals surface area contributed by atoms with Crippen molar-refractivity contribution in [3.63, 3.8) is 0 Å². The van der Waals surface area contributed by atoms with Gasteiger partial charge in [-0.05, 0) is 70.9 Å². The van der Waals surface area contributed by atoms with Gasteiger partial charge in [-0.15, -0.1) is 11.3 Å². The first-order chi connectivity index (χ1) is 11.0. The number of hydrogen-bond acceptors (Lipinski definition) is 3. The Hall–Kier alpha value is -1.16. The maximum absolute atomic E-state index is 2.45. The Kier molecular flexibility index (Phi) is 4.63.